The van der Waals surface area contributed by atoms with Gasteiger partial charge in [-0.1, -0.05) is 38.8 Å². The topological polar surface area (TPSA) is 81.8 Å². The summed E-state index contributed by atoms with van der Waals surface area (Å²) >= 11 is 0. The predicted molar refractivity (Wildman–Crippen MR) is 143 cm³/mol. The molecule has 2 fully saturated rings. The maximum atomic E-state index is 13.3. The molecule has 0 aromatic heterocycles. The molecule has 3 amide bonds. The predicted octanol–water partition coefficient (Wildman–Crippen LogP) is 4.58. The van der Waals surface area contributed by atoms with Gasteiger partial charge in [-0.3, -0.25) is 14.4 Å². The molecule has 8 heteroatoms. The second kappa shape index (κ2) is 12.2. The van der Waals surface area contributed by atoms with Crippen LogP contribution in [-0.2, 0) is 16.1 Å². The monoisotopic (exact) mass is 508 g/mol. The molecular weight excluding hydrogens is 471 g/mol. The first-order chi connectivity index (χ1) is 17.8. The number of nitrogens with zero attached hydrogens (tertiary/aromatic N) is 2. The number of hydrogen-bond donors (Lipinski definition) is 2. The van der Waals surface area contributed by atoms with E-state index in [0.29, 0.717) is 43.9 Å². The van der Waals surface area contributed by atoms with Gasteiger partial charge in [-0.25, -0.2) is 4.39 Å². The summed E-state index contributed by atoms with van der Waals surface area (Å²) in [6.07, 6.45) is 4.63. The highest BCUT2D eigenvalue weighted by molar-refractivity contribution is 6.02. The summed E-state index contributed by atoms with van der Waals surface area (Å²) in [5, 5.41) is 5.83. The second-order valence-corrected chi connectivity index (χ2v) is 10.5. The third-order valence-corrected chi connectivity index (χ3v) is 7.12. The average Bonchev–Trinajstić information content (AvgIpc) is 3.42. The number of anilines is 2. The van der Waals surface area contributed by atoms with E-state index < -0.39 is 0 Å². The van der Waals surface area contributed by atoms with Gasteiger partial charge in [0, 0.05) is 56.4 Å². The third-order valence-electron chi connectivity index (χ3n) is 7.12. The summed E-state index contributed by atoms with van der Waals surface area (Å²) in [4.78, 5) is 42.6. The molecule has 7 nitrogen and oxygen atoms in total. The highest BCUT2D eigenvalue weighted by Gasteiger charge is 2.30. The Balaban J connectivity index is 1.48. The van der Waals surface area contributed by atoms with Crippen LogP contribution in [-0.4, -0.2) is 48.8 Å². The van der Waals surface area contributed by atoms with Gasteiger partial charge in [0.2, 0.25) is 11.8 Å². The molecule has 37 heavy (non-hydrogen) atoms. The smallest absolute Gasteiger partial charge is 0.253 e. The van der Waals surface area contributed by atoms with Gasteiger partial charge in [0.1, 0.15) is 5.82 Å². The lowest BCUT2D eigenvalue weighted by atomic mass is 10.1. The van der Waals surface area contributed by atoms with Crippen LogP contribution in [0.15, 0.2) is 42.5 Å². The van der Waals surface area contributed by atoms with E-state index in [-0.39, 0.29) is 41.9 Å². The first-order valence-corrected chi connectivity index (χ1v) is 13.3. The zero-order valence-electron chi connectivity index (χ0n) is 21.8. The van der Waals surface area contributed by atoms with Crippen LogP contribution < -0.4 is 15.5 Å². The Hall–Kier alpha value is -3.42. The number of piperazine rings is 1. The van der Waals surface area contributed by atoms with Gasteiger partial charge in [0.25, 0.3) is 5.91 Å². The van der Waals surface area contributed by atoms with Crippen LogP contribution >= 0.6 is 0 Å². The first-order valence-electron chi connectivity index (χ1n) is 13.3. The number of amides is 3. The summed E-state index contributed by atoms with van der Waals surface area (Å²) in [6.45, 7) is 6.73. The van der Waals surface area contributed by atoms with E-state index in [2.05, 4.69) is 15.5 Å². The van der Waals surface area contributed by atoms with Crippen molar-refractivity contribution in [3.05, 3.63) is 59.4 Å². The zero-order chi connectivity index (χ0) is 26.4. The van der Waals surface area contributed by atoms with E-state index in [9.17, 15) is 18.8 Å². The lowest BCUT2D eigenvalue weighted by molar-refractivity contribution is -0.135. The molecule has 0 atom stereocenters. The number of hydrogen-bond acceptors (Lipinski definition) is 4. The summed E-state index contributed by atoms with van der Waals surface area (Å²) in [5.74, 6) is -0.0531. The second-order valence-electron chi connectivity index (χ2n) is 10.5. The molecule has 1 saturated heterocycles. The van der Waals surface area contributed by atoms with Crippen molar-refractivity contribution in [2.75, 3.05) is 36.4 Å². The lowest BCUT2D eigenvalue weighted by Gasteiger charge is -2.38. The van der Waals surface area contributed by atoms with Crippen molar-refractivity contribution in [3.63, 3.8) is 0 Å². The van der Waals surface area contributed by atoms with Crippen molar-refractivity contribution in [1.29, 1.82) is 0 Å². The van der Waals surface area contributed by atoms with Crippen molar-refractivity contribution in [1.82, 2.24) is 10.2 Å². The molecule has 2 aromatic rings. The fraction of sp³-hybridized carbons (Fsp3) is 0.483. The number of carbonyl (C=O) groups is 3. The van der Waals surface area contributed by atoms with Crippen LogP contribution in [0, 0.1) is 17.7 Å². The fourth-order valence-electron chi connectivity index (χ4n) is 5.13. The maximum absolute atomic E-state index is 13.3. The fourth-order valence-corrected chi connectivity index (χ4v) is 5.13. The van der Waals surface area contributed by atoms with E-state index >= 15 is 0 Å². The number of rotatable bonds is 8. The molecule has 4 rings (SSSR count). The summed E-state index contributed by atoms with van der Waals surface area (Å²) in [6, 6.07) is 11.4. The van der Waals surface area contributed by atoms with Crippen LogP contribution in [0.1, 0.15) is 61.9 Å². The van der Waals surface area contributed by atoms with Crippen LogP contribution in [0.3, 0.4) is 0 Å². The minimum atomic E-state index is -0.326. The van der Waals surface area contributed by atoms with E-state index in [4.69, 9.17) is 0 Å². The maximum Gasteiger partial charge on any atom is 0.253 e. The zero-order valence-corrected chi connectivity index (χ0v) is 21.8. The number of nitrogens with one attached hydrogen (secondary N) is 2. The van der Waals surface area contributed by atoms with E-state index in [1.165, 1.54) is 12.1 Å². The quantitative estimate of drug-likeness (QED) is 0.547. The summed E-state index contributed by atoms with van der Waals surface area (Å²) < 4.78 is 13.3. The van der Waals surface area contributed by atoms with Crippen molar-refractivity contribution >= 4 is 29.1 Å². The van der Waals surface area contributed by atoms with Crippen LogP contribution in [0.25, 0.3) is 0 Å². The standard InChI is InChI=1S/C29H37FN4O3/c1-20(2)17-27(35)32-24-11-12-26(25(18-24)28(36)31-19-21-7-9-23(30)10-8-21)33-13-15-34(16-14-33)29(37)22-5-3-4-6-22/h7-12,18,20,22H,3-6,13-17,19H2,1-2H3,(H,31,36)(H,32,35). The highest BCUT2D eigenvalue weighted by atomic mass is 19.1. The molecule has 1 heterocycles. The van der Waals surface area contributed by atoms with Crippen molar-refractivity contribution in [2.45, 2.75) is 52.5 Å². The van der Waals surface area contributed by atoms with E-state index in [1.54, 1.807) is 18.2 Å². The van der Waals surface area contributed by atoms with Gasteiger partial charge in [-0.05, 0) is 54.7 Å². The Bertz CT molecular complexity index is 1100. The highest BCUT2D eigenvalue weighted by Crippen LogP contribution is 2.29. The van der Waals surface area contributed by atoms with Crippen LogP contribution in [0.4, 0.5) is 15.8 Å². The summed E-state index contributed by atoms with van der Waals surface area (Å²) in [5.41, 5.74) is 2.58. The Kier molecular flexibility index (Phi) is 8.79. The molecule has 0 spiro atoms. The largest absolute Gasteiger partial charge is 0.367 e. The molecule has 2 aromatic carbocycles. The Morgan fingerprint density at radius 1 is 0.973 bits per heavy atom. The van der Waals surface area contributed by atoms with Gasteiger partial charge >= 0.3 is 0 Å². The van der Waals surface area contributed by atoms with Gasteiger partial charge < -0.3 is 20.4 Å². The molecule has 0 unspecified atom stereocenters. The molecule has 2 aliphatic rings. The van der Waals surface area contributed by atoms with Crippen LogP contribution in [0.5, 0.6) is 0 Å². The Morgan fingerprint density at radius 2 is 1.65 bits per heavy atom. The number of carbonyl (C=O) groups excluding carboxylic acids is 3. The third kappa shape index (κ3) is 7.08. The molecule has 198 valence electrons. The Morgan fingerprint density at radius 3 is 2.30 bits per heavy atom. The molecule has 0 radical (unpaired) electrons. The van der Waals surface area contributed by atoms with Crippen molar-refractivity contribution < 1.29 is 18.8 Å². The number of benzene rings is 2. The number of halogens is 1. The van der Waals surface area contributed by atoms with Crippen molar-refractivity contribution in [3.8, 4) is 0 Å². The first kappa shape index (κ1) is 26.6. The molecule has 1 saturated carbocycles. The van der Waals surface area contributed by atoms with Crippen LogP contribution in [0.2, 0.25) is 0 Å². The average molecular weight is 509 g/mol. The Labute approximate surface area is 218 Å². The summed E-state index contributed by atoms with van der Waals surface area (Å²) in [7, 11) is 0. The molecule has 1 aliphatic carbocycles. The van der Waals surface area contributed by atoms with Crippen molar-refractivity contribution in [2.24, 2.45) is 11.8 Å². The molecular formula is C29H37FN4O3. The van der Waals surface area contributed by atoms with Gasteiger partial charge in [0.15, 0.2) is 0 Å². The minimum Gasteiger partial charge on any atom is -0.367 e. The molecule has 1 aliphatic heterocycles. The van der Waals surface area contributed by atoms with Gasteiger partial charge in [-0.2, -0.15) is 0 Å². The molecule has 0 bridgehead atoms. The van der Waals surface area contributed by atoms with Gasteiger partial charge in [-0.15, -0.1) is 0 Å². The van der Waals surface area contributed by atoms with E-state index in [1.807, 2.05) is 30.9 Å². The SMILES string of the molecule is CC(C)CC(=O)Nc1ccc(N2CCN(C(=O)C3CCCC3)CC2)c(C(=O)NCc2ccc(F)cc2)c1. The normalized spacial score (nSPS) is 16.2. The lowest BCUT2D eigenvalue weighted by Crippen LogP contribution is -2.50. The van der Waals surface area contributed by atoms with Gasteiger partial charge in [0.05, 0.1) is 5.56 Å². The van der Waals surface area contributed by atoms with E-state index in [0.717, 1.165) is 36.9 Å². The molecule has 2 N–H and O–H groups in total. The minimum absolute atomic E-state index is 0.0977.